The van der Waals surface area contributed by atoms with Crippen molar-refractivity contribution in [1.82, 2.24) is 9.97 Å². The van der Waals surface area contributed by atoms with Gasteiger partial charge in [-0.3, -0.25) is 9.79 Å². The monoisotopic (exact) mass is 363 g/mol. The van der Waals surface area contributed by atoms with Crippen LogP contribution in [-0.4, -0.2) is 34.4 Å². The quantitative estimate of drug-likeness (QED) is 0.625. The lowest BCUT2D eigenvalue weighted by atomic mass is 10.1. The van der Waals surface area contributed by atoms with Crippen molar-refractivity contribution in [2.75, 3.05) is 18.7 Å². The average Bonchev–Trinajstić information content (AvgIpc) is 2.63. The summed E-state index contributed by atoms with van der Waals surface area (Å²) in [6.45, 7) is 1.72. The van der Waals surface area contributed by atoms with Gasteiger partial charge in [-0.1, -0.05) is 11.8 Å². The van der Waals surface area contributed by atoms with Crippen LogP contribution in [0.1, 0.15) is 29.0 Å². The van der Waals surface area contributed by atoms with E-state index in [4.69, 9.17) is 10.5 Å². The number of thioether (sulfide) groups is 1. The summed E-state index contributed by atoms with van der Waals surface area (Å²) in [6.07, 6.45) is 4.42. The normalized spacial score (nSPS) is 12.6. The Hall–Kier alpha value is -2.68. The molecule has 3 N–H and O–H groups in total. The second-order valence-corrected chi connectivity index (χ2v) is 5.81. The highest BCUT2D eigenvalue weighted by Crippen LogP contribution is 2.24. The number of hydrogen-bond donors (Lipinski definition) is 2. The second kappa shape index (κ2) is 8.43. The fraction of sp³-hybridized carbons (Fsp3) is 0.250. The minimum atomic E-state index is -0.481. The van der Waals surface area contributed by atoms with Gasteiger partial charge in [0.05, 0.1) is 25.5 Å². The standard InChI is InChI=1S/C16H18FN5O2S/c1-9(21-16(18)25-3)11-6-10(4-5-12(11)17)22-15(23)13-7-20-14(24-2)8-19-13/h4-9H,1-3H3,(H2,18,21)(H,22,23). The molecule has 7 nitrogen and oxygen atoms in total. The summed E-state index contributed by atoms with van der Waals surface area (Å²) in [5.74, 6) is -0.585. The maximum absolute atomic E-state index is 14.1. The Bertz CT molecular complexity index is 783. The number of ether oxygens (including phenoxy) is 1. The number of aliphatic imine (C=N–C) groups is 1. The molecule has 0 bridgehead atoms. The van der Waals surface area contributed by atoms with Crippen LogP contribution in [0.5, 0.6) is 5.88 Å². The summed E-state index contributed by atoms with van der Waals surface area (Å²) in [5.41, 5.74) is 6.54. The Morgan fingerprint density at radius 3 is 2.76 bits per heavy atom. The second-order valence-electron chi connectivity index (χ2n) is 4.98. The molecule has 0 saturated carbocycles. The number of nitrogens with one attached hydrogen (secondary N) is 1. The van der Waals surface area contributed by atoms with E-state index < -0.39 is 17.8 Å². The van der Waals surface area contributed by atoms with Gasteiger partial charge in [-0.25, -0.2) is 14.4 Å². The lowest BCUT2D eigenvalue weighted by Crippen LogP contribution is -2.14. The number of rotatable bonds is 5. The Balaban J connectivity index is 2.19. The predicted octanol–water partition coefficient (Wildman–Crippen LogP) is 2.62. The van der Waals surface area contributed by atoms with Gasteiger partial charge in [0.2, 0.25) is 5.88 Å². The van der Waals surface area contributed by atoms with E-state index in [9.17, 15) is 9.18 Å². The van der Waals surface area contributed by atoms with Crippen LogP contribution in [0.4, 0.5) is 10.1 Å². The van der Waals surface area contributed by atoms with E-state index in [0.29, 0.717) is 22.3 Å². The summed E-state index contributed by atoms with van der Waals surface area (Å²) in [5, 5.41) is 3.01. The van der Waals surface area contributed by atoms with Gasteiger partial charge in [0.15, 0.2) is 5.17 Å². The van der Waals surface area contributed by atoms with Crippen LogP contribution in [-0.2, 0) is 0 Å². The number of hydrogen-bond acceptors (Lipinski definition) is 6. The number of anilines is 1. The van der Waals surface area contributed by atoms with Gasteiger partial charge in [0, 0.05) is 11.3 Å². The summed E-state index contributed by atoms with van der Waals surface area (Å²) < 4.78 is 18.9. The molecular formula is C16H18FN5O2S. The molecule has 9 heteroatoms. The molecule has 0 fully saturated rings. The van der Waals surface area contributed by atoms with Crippen LogP contribution in [0.2, 0.25) is 0 Å². The number of amides is 1. The van der Waals surface area contributed by atoms with Crippen LogP contribution in [0.15, 0.2) is 35.6 Å². The molecule has 0 aliphatic rings. The molecule has 2 rings (SSSR count). The zero-order chi connectivity index (χ0) is 18.4. The number of methoxy groups -OCH3 is 1. The number of aromatic nitrogens is 2. The van der Waals surface area contributed by atoms with Crippen molar-refractivity contribution in [2.45, 2.75) is 13.0 Å². The Morgan fingerprint density at radius 1 is 1.40 bits per heavy atom. The molecule has 1 heterocycles. The lowest BCUT2D eigenvalue weighted by Gasteiger charge is -2.12. The van der Waals surface area contributed by atoms with Crippen molar-refractivity contribution in [2.24, 2.45) is 10.7 Å². The molecule has 0 spiro atoms. The van der Waals surface area contributed by atoms with E-state index in [0.717, 1.165) is 0 Å². The van der Waals surface area contributed by atoms with Crippen LogP contribution in [0.25, 0.3) is 0 Å². The van der Waals surface area contributed by atoms with E-state index in [1.54, 1.807) is 13.2 Å². The van der Waals surface area contributed by atoms with Gasteiger partial charge in [0.25, 0.3) is 5.91 Å². The van der Waals surface area contributed by atoms with Crippen molar-refractivity contribution in [3.05, 3.63) is 47.7 Å². The fourth-order valence-electron chi connectivity index (χ4n) is 1.99. The van der Waals surface area contributed by atoms with Crippen molar-refractivity contribution >= 4 is 28.5 Å². The summed E-state index contributed by atoms with van der Waals surface area (Å²) in [7, 11) is 1.46. The maximum Gasteiger partial charge on any atom is 0.275 e. The number of nitrogens with two attached hydrogens (primary N) is 1. The highest BCUT2D eigenvalue weighted by molar-refractivity contribution is 8.13. The van der Waals surface area contributed by atoms with Gasteiger partial charge in [-0.15, -0.1) is 0 Å². The zero-order valence-electron chi connectivity index (χ0n) is 14.0. The zero-order valence-corrected chi connectivity index (χ0v) is 14.8. The molecule has 1 atom stereocenters. The van der Waals surface area contributed by atoms with Gasteiger partial charge in [0.1, 0.15) is 11.5 Å². The topological polar surface area (TPSA) is 102 Å². The van der Waals surface area contributed by atoms with E-state index in [2.05, 4.69) is 20.3 Å². The molecule has 1 aromatic heterocycles. The van der Waals surface area contributed by atoms with Crippen molar-refractivity contribution in [3.63, 3.8) is 0 Å². The van der Waals surface area contributed by atoms with E-state index in [1.807, 2.05) is 0 Å². The van der Waals surface area contributed by atoms with Gasteiger partial charge >= 0.3 is 0 Å². The first-order valence-electron chi connectivity index (χ1n) is 7.28. The summed E-state index contributed by atoms with van der Waals surface area (Å²) in [6, 6.07) is 3.77. The molecule has 0 aliphatic heterocycles. The molecular weight excluding hydrogens is 345 g/mol. The summed E-state index contributed by atoms with van der Waals surface area (Å²) in [4.78, 5) is 24.3. The first-order chi connectivity index (χ1) is 11.9. The maximum atomic E-state index is 14.1. The molecule has 0 radical (unpaired) electrons. The number of carbonyl (C=O) groups is 1. The number of nitrogens with zero attached hydrogens (tertiary/aromatic N) is 3. The molecule has 2 aromatic rings. The Morgan fingerprint density at radius 2 is 2.16 bits per heavy atom. The van der Waals surface area contributed by atoms with Gasteiger partial charge in [-0.05, 0) is 31.4 Å². The average molecular weight is 363 g/mol. The van der Waals surface area contributed by atoms with E-state index in [1.165, 1.54) is 49.5 Å². The number of carbonyl (C=O) groups excluding carboxylic acids is 1. The third-order valence-electron chi connectivity index (χ3n) is 3.30. The molecule has 0 aliphatic carbocycles. The molecule has 25 heavy (non-hydrogen) atoms. The Labute approximate surface area is 148 Å². The molecule has 0 saturated heterocycles. The first kappa shape index (κ1) is 18.7. The van der Waals surface area contributed by atoms with Crippen molar-refractivity contribution in [3.8, 4) is 5.88 Å². The third kappa shape index (κ3) is 4.90. The van der Waals surface area contributed by atoms with Crippen molar-refractivity contribution in [1.29, 1.82) is 0 Å². The highest BCUT2D eigenvalue weighted by Gasteiger charge is 2.14. The minimum Gasteiger partial charge on any atom is -0.480 e. The van der Waals surface area contributed by atoms with Crippen LogP contribution in [0.3, 0.4) is 0 Å². The minimum absolute atomic E-state index is 0.115. The number of halogens is 1. The number of benzene rings is 1. The molecule has 1 amide bonds. The third-order valence-corrected chi connectivity index (χ3v) is 3.83. The fourth-order valence-corrected chi connectivity index (χ4v) is 2.25. The Kier molecular flexibility index (Phi) is 6.29. The van der Waals surface area contributed by atoms with Crippen LogP contribution in [0, 0.1) is 5.82 Å². The van der Waals surface area contributed by atoms with Gasteiger partial charge in [-0.2, -0.15) is 0 Å². The predicted molar refractivity (Wildman–Crippen MR) is 96.5 cm³/mol. The first-order valence-corrected chi connectivity index (χ1v) is 8.51. The molecule has 1 unspecified atom stereocenters. The van der Waals surface area contributed by atoms with E-state index in [-0.39, 0.29) is 5.69 Å². The van der Waals surface area contributed by atoms with E-state index >= 15 is 0 Å². The smallest absolute Gasteiger partial charge is 0.275 e. The van der Waals surface area contributed by atoms with Gasteiger partial charge < -0.3 is 15.8 Å². The SMILES string of the molecule is COc1cnc(C(=O)Nc2ccc(F)c(C(C)N=C(N)SC)c2)cn1. The molecule has 132 valence electrons. The molecule has 1 aromatic carbocycles. The highest BCUT2D eigenvalue weighted by atomic mass is 32.2. The summed E-state index contributed by atoms with van der Waals surface area (Å²) >= 11 is 1.28. The largest absolute Gasteiger partial charge is 0.480 e. The number of amidine groups is 1. The lowest BCUT2D eigenvalue weighted by molar-refractivity contribution is 0.102. The van der Waals surface area contributed by atoms with Crippen molar-refractivity contribution < 1.29 is 13.9 Å². The van der Waals surface area contributed by atoms with Crippen LogP contribution >= 0.6 is 11.8 Å². The van der Waals surface area contributed by atoms with Crippen LogP contribution < -0.4 is 15.8 Å².